The van der Waals surface area contributed by atoms with Gasteiger partial charge in [-0.3, -0.25) is 14.3 Å². The second kappa shape index (κ2) is 8.18. The van der Waals surface area contributed by atoms with E-state index in [1.165, 1.54) is 6.92 Å². The van der Waals surface area contributed by atoms with Crippen molar-refractivity contribution in [3.63, 3.8) is 0 Å². The third kappa shape index (κ3) is 4.23. The Morgan fingerprint density at radius 2 is 2.00 bits per heavy atom. The Labute approximate surface area is 170 Å². The molecule has 1 fully saturated rings. The summed E-state index contributed by atoms with van der Waals surface area (Å²) in [6.07, 6.45) is 5.20. The molecule has 29 heavy (non-hydrogen) atoms. The van der Waals surface area contributed by atoms with Gasteiger partial charge in [0.15, 0.2) is 0 Å². The van der Waals surface area contributed by atoms with Crippen molar-refractivity contribution >= 4 is 17.6 Å². The molecule has 0 saturated carbocycles. The van der Waals surface area contributed by atoms with Gasteiger partial charge in [0.1, 0.15) is 11.6 Å². The van der Waals surface area contributed by atoms with E-state index < -0.39 is 0 Å². The van der Waals surface area contributed by atoms with Crippen LogP contribution in [0.3, 0.4) is 0 Å². The van der Waals surface area contributed by atoms with E-state index in [2.05, 4.69) is 25.3 Å². The number of hydrogen-bond acceptors (Lipinski definition) is 6. The topological polar surface area (TPSA) is 96.2 Å². The molecule has 2 aliphatic rings. The van der Waals surface area contributed by atoms with E-state index in [4.69, 9.17) is 0 Å². The molecule has 0 aromatic carbocycles. The average Bonchev–Trinajstić information content (AvgIpc) is 3.15. The van der Waals surface area contributed by atoms with E-state index >= 15 is 0 Å². The zero-order valence-corrected chi connectivity index (χ0v) is 17.0. The molecule has 1 atom stereocenters. The highest BCUT2D eigenvalue weighted by Gasteiger charge is 2.29. The number of anilines is 1. The molecule has 2 aromatic rings. The van der Waals surface area contributed by atoms with Crippen molar-refractivity contribution in [2.24, 2.45) is 5.92 Å². The minimum absolute atomic E-state index is 0.0165. The Balaban J connectivity index is 1.40. The summed E-state index contributed by atoms with van der Waals surface area (Å²) >= 11 is 0. The first-order valence-corrected chi connectivity index (χ1v) is 10.1. The molecule has 9 nitrogen and oxygen atoms in total. The molecule has 0 radical (unpaired) electrons. The minimum Gasteiger partial charge on any atom is -0.356 e. The van der Waals surface area contributed by atoms with Crippen molar-refractivity contribution in [3.05, 3.63) is 35.5 Å². The van der Waals surface area contributed by atoms with Gasteiger partial charge < -0.3 is 15.1 Å². The third-order valence-corrected chi connectivity index (χ3v) is 5.70. The predicted molar refractivity (Wildman–Crippen MR) is 108 cm³/mol. The number of nitrogens with one attached hydrogen (secondary N) is 1. The predicted octanol–water partition coefficient (Wildman–Crippen LogP) is 0.642. The Bertz CT molecular complexity index is 902. The first-order valence-electron chi connectivity index (χ1n) is 10.1. The fourth-order valence-electron chi connectivity index (χ4n) is 4.07. The standard InChI is InChI=1S/C20H27N7O2/c1-14-21-5-3-19(24-14)25-7-9-26(10-8-25)20(29)17-13-23-27-6-4-16(11-18(17)27)12-22-15(2)28/h3,5,13,16H,4,6-12H2,1-2H3,(H,22,28). The van der Waals surface area contributed by atoms with E-state index in [-0.39, 0.29) is 11.8 Å². The van der Waals surface area contributed by atoms with Gasteiger partial charge in [-0.2, -0.15) is 5.10 Å². The van der Waals surface area contributed by atoms with Crippen molar-refractivity contribution in [1.82, 2.24) is 30.0 Å². The second-order valence-corrected chi connectivity index (χ2v) is 7.77. The molecule has 1 unspecified atom stereocenters. The lowest BCUT2D eigenvalue weighted by Crippen LogP contribution is -2.49. The fraction of sp³-hybridized carbons (Fsp3) is 0.550. The highest BCUT2D eigenvalue weighted by molar-refractivity contribution is 5.95. The zero-order chi connectivity index (χ0) is 20.4. The molecule has 1 N–H and O–H groups in total. The smallest absolute Gasteiger partial charge is 0.257 e. The second-order valence-electron chi connectivity index (χ2n) is 7.77. The van der Waals surface area contributed by atoms with E-state index in [1.807, 2.05) is 22.6 Å². The Morgan fingerprint density at radius 1 is 1.21 bits per heavy atom. The van der Waals surface area contributed by atoms with Gasteiger partial charge in [0, 0.05) is 52.4 Å². The number of amides is 2. The Morgan fingerprint density at radius 3 is 2.72 bits per heavy atom. The summed E-state index contributed by atoms with van der Waals surface area (Å²) in [7, 11) is 0. The molecule has 4 heterocycles. The molecule has 154 valence electrons. The Hall–Kier alpha value is -2.97. The molecule has 4 rings (SSSR count). The van der Waals surface area contributed by atoms with Crippen LogP contribution in [-0.2, 0) is 17.8 Å². The lowest BCUT2D eigenvalue weighted by atomic mass is 9.94. The molecular weight excluding hydrogens is 370 g/mol. The third-order valence-electron chi connectivity index (χ3n) is 5.70. The number of aryl methyl sites for hydroxylation is 2. The number of piperazine rings is 1. The van der Waals surface area contributed by atoms with Gasteiger partial charge in [-0.15, -0.1) is 0 Å². The number of rotatable bonds is 4. The molecule has 0 bridgehead atoms. The number of hydrogen-bond donors (Lipinski definition) is 1. The highest BCUT2D eigenvalue weighted by atomic mass is 16.2. The van der Waals surface area contributed by atoms with Crippen molar-refractivity contribution < 1.29 is 9.59 Å². The molecule has 1 saturated heterocycles. The minimum atomic E-state index is -0.0165. The lowest BCUT2D eigenvalue weighted by Gasteiger charge is -2.35. The van der Waals surface area contributed by atoms with Crippen LogP contribution in [0.2, 0.25) is 0 Å². The van der Waals surface area contributed by atoms with E-state index in [0.717, 1.165) is 49.8 Å². The summed E-state index contributed by atoms with van der Waals surface area (Å²) in [5.41, 5.74) is 1.69. The van der Waals surface area contributed by atoms with Crippen LogP contribution in [0.4, 0.5) is 5.82 Å². The summed E-state index contributed by atoms with van der Waals surface area (Å²) < 4.78 is 1.94. The van der Waals surface area contributed by atoms with Gasteiger partial charge in [0.25, 0.3) is 5.91 Å². The molecule has 2 aromatic heterocycles. The Kier molecular flexibility index (Phi) is 5.46. The molecule has 0 spiro atoms. The quantitative estimate of drug-likeness (QED) is 0.814. The fourth-order valence-corrected chi connectivity index (χ4v) is 4.07. The zero-order valence-electron chi connectivity index (χ0n) is 17.0. The van der Waals surface area contributed by atoms with E-state index in [0.29, 0.717) is 31.1 Å². The van der Waals surface area contributed by atoms with Gasteiger partial charge in [-0.25, -0.2) is 9.97 Å². The lowest BCUT2D eigenvalue weighted by molar-refractivity contribution is -0.119. The van der Waals surface area contributed by atoms with Crippen LogP contribution in [0.25, 0.3) is 0 Å². The monoisotopic (exact) mass is 397 g/mol. The highest BCUT2D eigenvalue weighted by Crippen LogP contribution is 2.24. The van der Waals surface area contributed by atoms with Crippen molar-refractivity contribution in [2.45, 2.75) is 33.2 Å². The van der Waals surface area contributed by atoms with Crippen LogP contribution in [0.15, 0.2) is 18.5 Å². The average molecular weight is 397 g/mol. The molecule has 9 heteroatoms. The van der Waals surface area contributed by atoms with Gasteiger partial charge in [0.2, 0.25) is 5.91 Å². The van der Waals surface area contributed by atoms with Gasteiger partial charge in [0.05, 0.1) is 17.5 Å². The van der Waals surface area contributed by atoms with Gasteiger partial charge in [-0.05, 0) is 31.7 Å². The normalized spacial score (nSPS) is 19.0. The number of carbonyl (C=O) groups is 2. The molecular formula is C20H27N7O2. The molecule has 0 aliphatic carbocycles. The van der Waals surface area contributed by atoms with Gasteiger partial charge in [-0.1, -0.05) is 0 Å². The summed E-state index contributed by atoms with van der Waals surface area (Å²) in [4.78, 5) is 37.1. The summed E-state index contributed by atoms with van der Waals surface area (Å²) in [5.74, 6) is 2.03. The largest absolute Gasteiger partial charge is 0.356 e. The van der Waals surface area contributed by atoms with E-state index in [1.54, 1.807) is 12.4 Å². The number of fused-ring (bicyclic) bond motifs is 1. The number of carbonyl (C=O) groups excluding carboxylic acids is 2. The van der Waals surface area contributed by atoms with Crippen LogP contribution in [0, 0.1) is 12.8 Å². The molecule has 2 aliphatic heterocycles. The maximum Gasteiger partial charge on any atom is 0.257 e. The van der Waals surface area contributed by atoms with Crippen LogP contribution in [-0.4, -0.2) is 69.2 Å². The van der Waals surface area contributed by atoms with Crippen LogP contribution in [0.1, 0.15) is 35.2 Å². The number of nitrogens with zero attached hydrogens (tertiary/aromatic N) is 6. The van der Waals surface area contributed by atoms with Crippen LogP contribution >= 0.6 is 0 Å². The summed E-state index contributed by atoms with van der Waals surface area (Å²) in [6.45, 7) is 7.65. The first-order chi connectivity index (χ1) is 14.0. The van der Waals surface area contributed by atoms with Crippen molar-refractivity contribution in [1.29, 1.82) is 0 Å². The SMILES string of the molecule is CC(=O)NCC1CCn2ncc(C(=O)N3CCN(c4ccnc(C)n4)CC3)c2C1. The first kappa shape index (κ1) is 19.4. The van der Waals surface area contributed by atoms with Gasteiger partial charge >= 0.3 is 0 Å². The molecule has 2 amide bonds. The van der Waals surface area contributed by atoms with E-state index in [9.17, 15) is 9.59 Å². The van der Waals surface area contributed by atoms with Crippen LogP contribution in [0.5, 0.6) is 0 Å². The summed E-state index contributed by atoms with van der Waals surface area (Å²) in [5, 5.41) is 7.32. The maximum atomic E-state index is 13.2. The summed E-state index contributed by atoms with van der Waals surface area (Å²) in [6, 6.07) is 1.91. The number of aromatic nitrogens is 4. The van der Waals surface area contributed by atoms with Crippen molar-refractivity contribution in [2.75, 3.05) is 37.6 Å². The maximum absolute atomic E-state index is 13.2. The van der Waals surface area contributed by atoms with Crippen LogP contribution < -0.4 is 10.2 Å². The van der Waals surface area contributed by atoms with Crippen molar-refractivity contribution in [3.8, 4) is 0 Å².